The van der Waals surface area contributed by atoms with Gasteiger partial charge >= 0.3 is 0 Å². The fourth-order valence-corrected chi connectivity index (χ4v) is 3.32. The SMILES string of the molecule is CC(C)C(C)(CN)NC(=O)Cc1csc(-c2cccc(Br)c2)n1.Cl.Cl. The summed E-state index contributed by atoms with van der Waals surface area (Å²) >= 11 is 5.01. The molecule has 0 aliphatic rings. The van der Waals surface area contributed by atoms with Crippen LogP contribution in [0.25, 0.3) is 10.6 Å². The Morgan fingerprint density at radius 2 is 2.08 bits per heavy atom. The van der Waals surface area contributed by atoms with Crippen LogP contribution in [0.5, 0.6) is 0 Å². The summed E-state index contributed by atoms with van der Waals surface area (Å²) in [7, 11) is 0. The monoisotopic (exact) mass is 467 g/mol. The van der Waals surface area contributed by atoms with Gasteiger partial charge in [0.25, 0.3) is 0 Å². The van der Waals surface area contributed by atoms with Crippen molar-refractivity contribution in [3.05, 3.63) is 39.8 Å². The molecule has 0 bridgehead atoms. The van der Waals surface area contributed by atoms with Gasteiger partial charge in [-0.2, -0.15) is 0 Å². The lowest BCUT2D eigenvalue weighted by molar-refractivity contribution is -0.122. The van der Waals surface area contributed by atoms with Crippen LogP contribution in [0.15, 0.2) is 34.1 Å². The van der Waals surface area contributed by atoms with Crippen molar-refractivity contribution >= 4 is 58.0 Å². The molecule has 0 spiro atoms. The van der Waals surface area contributed by atoms with Crippen LogP contribution in [0, 0.1) is 5.92 Å². The Morgan fingerprint density at radius 1 is 1.40 bits per heavy atom. The minimum Gasteiger partial charge on any atom is -0.349 e. The molecule has 2 aromatic rings. The molecule has 1 aromatic heterocycles. The number of nitrogens with one attached hydrogen (secondary N) is 1. The van der Waals surface area contributed by atoms with E-state index in [-0.39, 0.29) is 48.6 Å². The summed E-state index contributed by atoms with van der Waals surface area (Å²) in [6, 6.07) is 7.98. The largest absolute Gasteiger partial charge is 0.349 e. The minimum absolute atomic E-state index is 0. The van der Waals surface area contributed by atoms with Crippen LogP contribution in [-0.2, 0) is 11.2 Å². The Bertz CT molecular complexity index is 696. The molecule has 1 atom stereocenters. The second-order valence-electron chi connectivity index (χ2n) is 6.16. The minimum atomic E-state index is -0.389. The number of nitrogens with zero attached hydrogens (tertiary/aromatic N) is 1. The molecule has 8 heteroatoms. The van der Waals surface area contributed by atoms with Crippen LogP contribution in [0.3, 0.4) is 0 Å². The summed E-state index contributed by atoms with van der Waals surface area (Å²) in [5.41, 5.74) is 7.25. The predicted molar refractivity (Wildman–Crippen MR) is 114 cm³/mol. The smallest absolute Gasteiger partial charge is 0.226 e. The van der Waals surface area contributed by atoms with Crippen molar-refractivity contribution in [2.24, 2.45) is 11.7 Å². The van der Waals surface area contributed by atoms with E-state index in [2.05, 4.69) is 40.1 Å². The molecule has 1 heterocycles. The van der Waals surface area contributed by atoms with Gasteiger partial charge in [0.05, 0.1) is 17.7 Å². The number of carbonyl (C=O) groups excluding carboxylic acids is 1. The third-order valence-electron chi connectivity index (χ3n) is 4.09. The average molecular weight is 469 g/mol. The second kappa shape index (κ2) is 10.5. The summed E-state index contributed by atoms with van der Waals surface area (Å²) in [4.78, 5) is 16.8. The highest BCUT2D eigenvalue weighted by Crippen LogP contribution is 2.26. The number of hydrogen-bond donors (Lipinski definition) is 2. The van der Waals surface area contributed by atoms with Gasteiger partial charge in [0.2, 0.25) is 5.91 Å². The van der Waals surface area contributed by atoms with E-state index in [4.69, 9.17) is 5.73 Å². The number of nitrogens with two attached hydrogens (primary N) is 1. The number of carbonyl (C=O) groups is 1. The van der Waals surface area contributed by atoms with Crippen molar-refractivity contribution in [2.75, 3.05) is 6.54 Å². The zero-order chi connectivity index (χ0) is 17.0. The Labute approximate surface area is 173 Å². The molecule has 0 saturated carbocycles. The first-order chi connectivity index (χ1) is 10.8. The summed E-state index contributed by atoms with van der Waals surface area (Å²) in [5, 5.41) is 5.89. The number of aromatic nitrogens is 1. The normalized spacial score (nSPS) is 12.7. The Hall–Kier alpha value is -0.660. The van der Waals surface area contributed by atoms with E-state index < -0.39 is 0 Å². The number of rotatable bonds is 6. The fourth-order valence-electron chi connectivity index (χ4n) is 2.10. The summed E-state index contributed by atoms with van der Waals surface area (Å²) in [6.45, 7) is 6.50. The number of benzene rings is 1. The molecule has 1 amide bonds. The molecular weight excluding hydrogens is 445 g/mol. The third-order valence-corrected chi connectivity index (χ3v) is 5.52. The Kier molecular flexibility index (Phi) is 10.2. The molecule has 0 saturated heterocycles. The maximum absolute atomic E-state index is 12.3. The average Bonchev–Trinajstić information content (AvgIpc) is 2.95. The van der Waals surface area contributed by atoms with Crippen LogP contribution >= 0.6 is 52.1 Å². The summed E-state index contributed by atoms with van der Waals surface area (Å²) in [5.74, 6) is 0.224. The van der Waals surface area contributed by atoms with Gasteiger partial charge in [0, 0.05) is 22.0 Å². The molecule has 0 radical (unpaired) electrons. The van der Waals surface area contributed by atoms with E-state index in [9.17, 15) is 4.79 Å². The first-order valence-corrected chi connectivity index (χ1v) is 9.23. The van der Waals surface area contributed by atoms with Crippen molar-refractivity contribution in [1.29, 1.82) is 0 Å². The number of thiazole rings is 1. The maximum atomic E-state index is 12.3. The fraction of sp³-hybridized carbons (Fsp3) is 0.412. The predicted octanol–water partition coefficient (Wildman–Crippen LogP) is 4.45. The van der Waals surface area contributed by atoms with Crippen molar-refractivity contribution in [3.63, 3.8) is 0 Å². The molecule has 0 aliphatic heterocycles. The third kappa shape index (κ3) is 6.53. The molecule has 0 fully saturated rings. The molecule has 1 unspecified atom stereocenters. The standard InChI is InChI=1S/C17H22BrN3OS.2ClH/c1-11(2)17(3,10-19)21-15(22)8-14-9-23-16(20-14)12-5-4-6-13(18)7-12;;/h4-7,9,11H,8,10,19H2,1-3H3,(H,21,22);2*1H. The molecule has 2 rings (SSSR count). The van der Waals surface area contributed by atoms with Gasteiger partial charge in [-0.3, -0.25) is 4.79 Å². The highest BCUT2D eigenvalue weighted by atomic mass is 79.9. The van der Waals surface area contributed by atoms with Crippen LogP contribution in [0.4, 0.5) is 0 Å². The highest BCUT2D eigenvalue weighted by molar-refractivity contribution is 9.10. The van der Waals surface area contributed by atoms with Gasteiger partial charge in [-0.1, -0.05) is 41.9 Å². The lowest BCUT2D eigenvalue weighted by atomic mass is 9.88. The molecule has 140 valence electrons. The van der Waals surface area contributed by atoms with Gasteiger partial charge < -0.3 is 11.1 Å². The maximum Gasteiger partial charge on any atom is 0.226 e. The van der Waals surface area contributed by atoms with E-state index in [1.54, 1.807) is 11.3 Å². The van der Waals surface area contributed by atoms with Crippen LogP contribution in [0.1, 0.15) is 26.5 Å². The van der Waals surface area contributed by atoms with Gasteiger partial charge in [0.15, 0.2) is 0 Å². The summed E-state index contributed by atoms with van der Waals surface area (Å²) in [6.07, 6.45) is 0.271. The summed E-state index contributed by atoms with van der Waals surface area (Å²) < 4.78 is 1.01. The van der Waals surface area contributed by atoms with Crippen LogP contribution in [-0.4, -0.2) is 23.0 Å². The van der Waals surface area contributed by atoms with Gasteiger partial charge in [-0.05, 0) is 25.0 Å². The van der Waals surface area contributed by atoms with Crippen molar-refractivity contribution < 1.29 is 4.79 Å². The molecule has 25 heavy (non-hydrogen) atoms. The molecule has 3 N–H and O–H groups in total. The van der Waals surface area contributed by atoms with E-state index in [1.165, 1.54) is 0 Å². The molecule has 4 nitrogen and oxygen atoms in total. The Balaban J connectivity index is 0.00000288. The zero-order valence-corrected chi connectivity index (χ0v) is 18.4. The quantitative estimate of drug-likeness (QED) is 0.657. The number of amides is 1. The Morgan fingerprint density at radius 3 is 2.64 bits per heavy atom. The van der Waals surface area contributed by atoms with Crippen molar-refractivity contribution in [3.8, 4) is 10.6 Å². The van der Waals surface area contributed by atoms with Crippen LogP contribution in [0.2, 0.25) is 0 Å². The van der Waals surface area contributed by atoms with Gasteiger partial charge in [0.1, 0.15) is 5.01 Å². The molecule has 1 aromatic carbocycles. The number of halogens is 3. The van der Waals surface area contributed by atoms with E-state index in [0.717, 1.165) is 20.7 Å². The van der Waals surface area contributed by atoms with Gasteiger partial charge in [-0.25, -0.2) is 4.98 Å². The van der Waals surface area contributed by atoms with Crippen molar-refractivity contribution in [1.82, 2.24) is 10.3 Å². The van der Waals surface area contributed by atoms with E-state index in [1.807, 2.05) is 36.6 Å². The van der Waals surface area contributed by atoms with E-state index >= 15 is 0 Å². The van der Waals surface area contributed by atoms with Gasteiger partial charge in [-0.15, -0.1) is 36.2 Å². The second-order valence-corrected chi connectivity index (χ2v) is 7.93. The topological polar surface area (TPSA) is 68.0 Å². The highest BCUT2D eigenvalue weighted by Gasteiger charge is 2.28. The first-order valence-electron chi connectivity index (χ1n) is 7.55. The molecule has 0 aliphatic carbocycles. The van der Waals surface area contributed by atoms with Crippen LogP contribution < -0.4 is 11.1 Å². The number of hydrogen-bond acceptors (Lipinski definition) is 4. The lowest BCUT2D eigenvalue weighted by Crippen LogP contribution is -2.55. The lowest BCUT2D eigenvalue weighted by Gasteiger charge is -2.33. The van der Waals surface area contributed by atoms with E-state index in [0.29, 0.717) is 6.54 Å². The zero-order valence-electron chi connectivity index (χ0n) is 14.4. The van der Waals surface area contributed by atoms with Crippen molar-refractivity contribution in [2.45, 2.75) is 32.7 Å². The molecular formula is C17H24BrCl2N3OS. The first kappa shape index (κ1) is 24.3.